The maximum Gasteiger partial charge on any atom is 0.138 e. The number of rotatable bonds is 0. The minimum atomic E-state index is 0.288. The van der Waals surface area contributed by atoms with Gasteiger partial charge in [0, 0.05) is 12.8 Å². The third-order valence-corrected chi connectivity index (χ3v) is 2.11. The number of fused-ring (bicyclic) bond motifs is 2. The molecule has 2 atom stereocenters. The monoisotopic (exact) mass is 126 g/mol. The second-order valence-electron chi connectivity index (χ2n) is 2.90. The predicted octanol–water partition coefficient (Wildman–Crippen LogP) is 0.897. The first-order valence-electron chi connectivity index (χ1n) is 3.52. The quantitative estimate of drug-likeness (QED) is 0.482. The highest BCUT2D eigenvalue weighted by atomic mass is 16.5. The van der Waals surface area contributed by atoms with E-state index in [2.05, 4.69) is 0 Å². The van der Waals surface area contributed by atoms with Crippen molar-refractivity contribution >= 4 is 5.78 Å². The van der Waals surface area contributed by atoms with Crippen molar-refractivity contribution in [3.8, 4) is 0 Å². The molecule has 0 unspecified atom stereocenters. The summed E-state index contributed by atoms with van der Waals surface area (Å²) in [6.07, 6.45) is 4.15. The lowest BCUT2D eigenvalue weighted by Gasteiger charge is -2.17. The highest BCUT2D eigenvalue weighted by Gasteiger charge is 2.33. The average molecular weight is 126 g/mol. The van der Waals surface area contributed by atoms with Gasteiger partial charge in [0.1, 0.15) is 5.78 Å². The Balaban J connectivity index is 2.11. The third-order valence-electron chi connectivity index (χ3n) is 2.11. The summed E-state index contributed by atoms with van der Waals surface area (Å²) in [5.74, 6) is 0.397. The molecule has 2 fully saturated rings. The van der Waals surface area contributed by atoms with E-state index in [-0.39, 0.29) is 12.2 Å². The molecule has 2 rings (SSSR count). The lowest BCUT2D eigenvalue weighted by molar-refractivity contribution is -0.129. The Morgan fingerprint density at radius 3 is 2.33 bits per heavy atom. The summed E-state index contributed by atoms with van der Waals surface area (Å²) in [6, 6.07) is 0. The molecule has 0 spiro atoms. The normalized spacial score (nSPS) is 41.6. The number of carbonyl (C=O) groups is 1. The zero-order valence-electron chi connectivity index (χ0n) is 5.30. The zero-order chi connectivity index (χ0) is 6.27. The van der Waals surface area contributed by atoms with E-state index in [4.69, 9.17) is 4.74 Å². The number of ketones is 1. The SMILES string of the molecule is O=C1C[C@H]2CC[C@@H](C1)O2. The van der Waals surface area contributed by atoms with E-state index >= 15 is 0 Å². The molecule has 0 N–H and O–H groups in total. The van der Waals surface area contributed by atoms with Crippen LogP contribution in [0, 0.1) is 0 Å². The Morgan fingerprint density at radius 2 is 1.78 bits per heavy atom. The van der Waals surface area contributed by atoms with Gasteiger partial charge in [-0.3, -0.25) is 4.79 Å². The van der Waals surface area contributed by atoms with Gasteiger partial charge in [-0.1, -0.05) is 0 Å². The molecule has 0 aliphatic carbocycles. The summed E-state index contributed by atoms with van der Waals surface area (Å²) in [5, 5.41) is 0. The van der Waals surface area contributed by atoms with Crippen molar-refractivity contribution < 1.29 is 9.53 Å². The Labute approximate surface area is 54.2 Å². The molecule has 0 amide bonds. The second-order valence-corrected chi connectivity index (χ2v) is 2.90. The molecule has 0 aromatic rings. The van der Waals surface area contributed by atoms with Crippen LogP contribution in [-0.4, -0.2) is 18.0 Å². The Hall–Kier alpha value is -0.370. The van der Waals surface area contributed by atoms with Crippen molar-refractivity contribution in [3.05, 3.63) is 0 Å². The van der Waals surface area contributed by atoms with Crippen LogP contribution in [0.1, 0.15) is 25.7 Å². The molecular formula is C7H10O2. The van der Waals surface area contributed by atoms with Gasteiger partial charge in [-0.2, -0.15) is 0 Å². The van der Waals surface area contributed by atoms with Crippen LogP contribution in [0.15, 0.2) is 0 Å². The standard InChI is InChI=1S/C7H10O2/c8-5-3-6-1-2-7(4-5)9-6/h6-7H,1-4H2/t6-,7+. The fourth-order valence-corrected chi connectivity index (χ4v) is 1.67. The Morgan fingerprint density at radius 1 is 1.22 bits per heavy atom. The van der Waals surface area contributed by atoms with Gasteiger partial charge in [0.2, 0.25) is 0 Å². The second kappa shape index (κ2) is 1.81. The maximum absolute atomic E-state index is 10.8. The lowest BCUT2D eigenvalue weighted by Crippen LogP contribution is -2.24. The third kappa shape index (κ3) is 0.874. The molecule has 0 aromatic heterocycles. The highest BCUT2D eigenvalue weighted by Crippen LogP contribution is 2.29. The van der Waals surface area contributed by atoms with Crippen LogP contribution in [0.5, 0.6) is 0 Å². The molecule has 50 valence electrons. The van der Waals surface area contributed by atoms with E-state index in [1.54, 1.807) is 0 Å². The van der Waals surface area contributed by atoms with Gasteiger partial charge in [-0.25, -0.2) is 0 Å². The van der Waals surface area contributed by atoms with Crippen molar-refractivity contribution in [2.45, 2.75) is 37.9 Å². The predicted molar refractivity (Wildman–Crippen MR) is 32.1 cm³/mol. The molecular weight excluding hydrogens is 116 g/mol. The van der Waals surface area contributed by atoms with Crippen LogP contribution in [0.3, 0.4) is 0 Å². The first-order chi connectivity index (χ1) is 4.34. The molecule has 2 heterocycles. The van der Waals surface area contributed by atoms with Gasteiger partial charge in [-0.15, -0.1) is 0 Å². The van der Waals surface area contributed by atoms with E-state index in [9.17, 15) is 4.79 Å². The summed E-state index contributed by atoms with van der Waals surface area (Å²) >= 11 is 0. The molecule has 2 heteroatoms. The first kappa shape index (κ1) is 5.42. The van der Waals surface area contributed by atoms with Crippen molar-refractivity contribution in [3.63, 3.8) is 0 Å². The Kier molecular flexibility index (Phi) is 1.09. The molecule has 9 heavy (non-hydrogen) atoms. The van der Waals surface area contributed by atoms with E-state index in [1.807, 2.05) is 0 Å². The van der Waals surface area contributed by atoms with E-state index in [1.165, 1.54) is 0 Å². The van der Waals surface area contributed by atoms with Crippen LogP contribution in [-0.2, 0) is 9.53 Å². The summed E-state index contributed by atoms with van der Waals surface area (Å²) in [4.78, 5) is 10.8. The van der Waals surface area contributed by atoms with Crippen LogP contribution < -0.4 is 0 Å². The number of hydrogen-bond donors (Lipinski definition) is 0. The van der Waals surface area contributed by atoms with Gasteiger partial charge in [-0.05, 0) is 12.8 Å². The number of carbonyl (C=O) groups excluding carboxylic acids is 1. The molecule has 2 aliphatic rings. The molecule has 2 nitrogen and oxygen atoms in total. The van der Waals surface area contributed by atoms with E-state index in [0.29, 0.717) is 18.6 Å². The number of hydrogen-bond acceptors (Lipinski definition) is 2. The van der Waals surface area contributed by atoms with Crippen LogP contribution in [0.2, 0.25) is 0 Å². The topological polar surface area (TPSA) is 26.3 Å². The van der Waals surface area contributed by atoms with E-state index < -0.39 is 0 Å². The fourth-order valence-electron chi connectivity index (χ4n) is 1.67. The van der Waals surface area contributed by atoms with Crippen molar-refractivity contribution in [2.75, 3.05) is 0 Å². The van der Waals surface area contributed by atoms with E-state index in [0.717, 1.165) is 12.8 Å². The van der Waals surface area contributed by atoms with Crippen LogP contribution in [0.4, 0.5) is 0 Å². The van der Waals surface area contributed by atoms with Crippen molar-refractivity contribution in [1.82, 2.24) is 0 Å². The lowest BCUT2D eigenvalue weighted by atomic mass is 10.1. The van der Waals surface area contributed by atoms with Gasteiger partial charge < -0.3 is 4.74 Å². The van der Waals surface area contributed by atoms with Gasteiger partial charge in [0.15, 0.2) is 0 Å². The highest BCUT2D eigenvalue weighted by molar-refractivity contribution is 5.80. The van der Waals surface area contributed by atoms with Gasteiger partial charge >= 0.3 is 0 Å². The first-order valence-corrected chi connectivity index (χ1v) is 3.52. The van der Waals surface area contributed by atoms with Crippen LogP contribution >= 0.6 is 0 Å². The van der Waals surface area contributed by atoms with Gasteiger partial charge in [0.25, 0.3) is 0 Å². The molecule has 0 saturated carbocycles. The Bertz CT molecular complexity index is 128. The zero-order valence-corrected chi connectivity index (χ0v) is 5.30. The van der Waals surface area contributed by atoms with Crippen LogP contribution in [0.25, 0.3) is 0 Å². The summed E-state index contributed by atoms with van der Waals surface area (Å²) in [7, 11) is 0. The molecule has 0 aromatic carbocycles. The molecule has 2 aliphatic heterocycles. The smallest absolute Gasteiger partial charge is 0.138 e. The maximum atomic E-state index is 10.8. The summed E-state index contributed by atoms with van der Waals surface area (Å²) < 4.78 is 5.45. The largest absolute Gasteiger partial charge is 0.374 e. The minimum absolute atomic E-state index is 0.288. The summed E-state index contributed by atoms with van der Waals surface area (Å²) in [6.45, 7) is 0. The number of ether oxygens (including phenoxy) is 1. The molecule has 2 bridgehead atoms. The van der Waals surface area contributed by atoms with Crippen molar-refractivity contribution in [2.24, 2.45) is 0 Å². The number of Topliss-reactive ketones (excluding diaryl/α,β-unsaturated/α-hetero) is 1. The fraction of sp³-hybridized carbons (Fsp3) is 0.857. The average Bonchev–Trinajstić information content (AvgIpc) is 2.11. The van der Waals surface area contributed by atoms with Gasteiger partial charge in [0.05, 0.1) is 12.2 Å². The summed E-state index contributed by atoms with van der Waals surface area (Å²) in [5.41, 5.74) is 0. The molecule has 0 radical (unpaired) electrons. The van der Waals surface area contributed by atoms with Crippen molar-refractivity contribution in [1.29, 1.82) is 0 Å². The molecule has 2 saturated heterocycles. The minimum Gasteiger partial charge on any atom is -0.374 e.